The van der Waals surface area contributed by atoms with Crippen molar-refractivity contribution in [3.05, 3.63) is 17.9 Å². The van der Waals surface area contributed by atoms with Gasteiger partial charge in [-0.3, -0.25) is 0 Å². The molecule has 2 N–H and O–H groups in total. The highest BCUT2D eigenvalue weighted by Gasteiger charge is 2.20. The quantitative estimate of drug-likeness (QED) is 0.762. The van der Waals surface area contributed by atoms with Gasteiger partial charge in [-0.2, -0.15) is 0 Å². The molecule has 1 aromatic carbocycles. The molecule has 1 fully saturated rings. The van der Waals surface area contributed by atoms with Crippen molar-refractivity contribution in [1.29, 1.82) is 0 Å². The molecule has 0 bridgehead atoms. The summed E-state index contributed by atoms with van der Waals surface area (Å²) in [6.45, 7) is 1.38. The molecular weight excluding hydrogens is 223 g/mol. The lowest BCUT2D eigenvalue weighted by Crippen LogP contribution is -2.22. The van der Waals surface area contributed by atoms with Crippen molar-refractivity contribution < 1.29 is 9.13 Å². The van der Waals surface area contributed by atoms with E-state index in [1.165, 1.54) is 12.1 Å². The van der Waals surface area contributed by atoms with E-state index in [1.54, 1.807) is 4.68 Å². The number of ether oxygens (including phenoxy) is 1. The average molecular weight is 236 g/mol. The first kappa shape index (κ1) is 10.5. The minimum Gasteiger partial charge on any atom is -0.396 e. The smallest absolute Gasteiger partial charge is 0.148 e. The van der Waals surface area contributed by atoms with Crippen LogP contribution in [0.1, 0.15) is 18.9 Å². The van der Waals surface area contributed by atoms with Gasteiger partial charge >= 0.3 is 0 Å². The molecule has 1 atom stereocenters. The second kappa shape index (κ2) is 3.96. The van der Waals surface area contributed by atoms with Gasteiger partial charge in [-0.05, 0) is 18.9 Å². The first-order valence-electron chi connectivity index (χ1n) is 5.63. The van der Waals surface area contributed by atoms with E-state index in [0.717, 1.165) is 19.4 Å². The van der Waals surface area contributed by atoms with Gasteiger partial charge in [-0.15, -0.1) is 5.10 Å². The van der Waals surface area contributed by atoms with E-state index >= 15 is 0 Å². The van der Waals surface area contributed by atoms with Crippen molar-refractivity contribution in [1.82, 2.24) is 15.0 Å². The highest BCUT2D eigenvalue weighted by Crippen LogP contribution is 2.25. The molecule has 3 rings (SSSR count). The van der Waals surface area contributed by atoms with E-state index in [9.17, 15) is 4.39 Å². The fraction of sp³-hybridized carbons (Fsp3) is 0.455. The van der Waals surface area contributed by atoms with Crippen LogP contribution in [0.25, 0.3) is 11.0 Å². The van der Waals surface area contributed by atoms with Crippen molar-refractivity contribution in [2.75, 3.05) is 18.9 Å². The molecule has 5 nitrogen and oxygen atoms in total. The Hall–Kier alpha value is -1.69. The third kappa shape index (κ3) is 1.74. The fourth-order valence-corrected chi connectivity index (χ4v) is 2.16. The zero-order valence-electron chi connectivity index (χ0n) is 9.27. The minimum atomic E-state index is -0.433. The van der Waals surface area contributed by atoms with Crippen LogP contribution >= 0.6 is 0 Å². The Morgan fingerprint density at radius 1 is 1.47 bits per heavy atom. The number of rotatable bonds is 1. The molecule has 6 heteroatoms. The maximum atomic E-state index is 13.4. The summed E-state index contributed by atoms with van der Waals surface area (Å²) in [6.07, 6.45) is 1.97. The van der Waals surface area contributed by atoms with E-state index in [0.29, 0.717) is 17.6 Å². The molecule has 0 spiro atoms. The molecule has 1 aliphatic rings. The van der Waals surface area contributed by atoms with Crippen LogP contribution in [0, 0.1) is 5.82 Å². The number of nitrogens with two attached hydrogens (primary N) is 1. The van der Waals surface area contributed by atoms with Gasteiger partial charge in [0, 0.05) is 12.7 Å². The number of hydrogen-bond acceptors (Lipinski definition) is 4. The maximum absolute atomic E-state index is 13.4. The number of hydrogen-bond donors (Lipinski definition) is 1. The van der Waals surface area contributed by atoms with Gasteiger partial charge < -0.3 is 10.5 Å². The summed E-state index contributed by atoms with van der Waals surface area (Å²) < 4.78 is 20.6. The Morgan fingerprint density at radius 2 is 2.35 bits per heavy atom. The zero-order chi connectivity index (χ0) is 11.8. The number of anilines is 1. The van der Waals surface area contributed by atoms with E-state index in [1.807, 2.05) is 0 Å². The molecule has 0 amide bonds. The first-order chi connectivity index (χ1) is 8.25. The summed E-state index contributed by atoms with van der Waals surface area (Å²) >= 11 is 0. The molecule has 1 aromatic heterocycles. The lowest BCUT2D eigenvalue weighted by atomic mass is 10.1. The summed E-state index contributed by atoms with van der Waals surface area (Å²) in [5, 5.41) is 8.07. The average Bonchev–Trinajstić information content (AvgIpc) is 2.74. The van der Waals surface area contributed by atoms with Gasteiger partial charge in [-0.25, -0.2) is 9.07 Å². The molecule has 2 aromatic rings. The molecule has 17 heavy (non-hydrogen) atoms. The number of halogens is 1. The van der Waals surface area contributed by atoms with E-state index in [2.05, 4.69) is 10.3 Å². The first-order valence-corrected chi connectivity index (χ1v) is 5.63. The van der Waals surface area contributed by atoms with Crippen molar-refractivity contribution in [3.8, 4) is 0 Å². The van der Waals surface area contributed by atoms with Crippen molar-refractivity contribution >= 4 is 16.7 Å². The summed E-state index contributed by atoms with van der Waals surface area (Å²) in [4.78, 5) is 0. The van der Waals surface area contributed by atoms with Crippen LogP contribution in [0.4, 0.5) is 10.1 Å². The minimum absolute atomic E-state index is 0.101. The third-order valence-corrected chi connectivity index (χ3v) is 3.07. The molecule has 0 radical (unpaired) electrons. The van der Waals surface area contributed by atoms with Gasteiger partial charge in [0.2, 0.25) is 0 Å². The highest BCUT2D eigenvalue weighted by molar-refractivity contribution is 5.78. The predicted octanol–water partition coefficient (Wildman–Crippen LogP) is 1.50. The van der Waals surface area contributed by atoms with E-state index in [-0.39, 0.29) is 11.7 Å². The Morgan fingerprint density at radius 3 is 3.12 bits per heavy atom. The number of nitrogen functional groups attached to an aromatic ring is 1. The zero-order valence-corrected chi connectivity index (χ0v) is 9.27. The van der Waals surface area contributed by atoms with Crippen LogP contribution in [-0.4, -0.2) is 28.2 Å². The van der Waals surface area contributed by atoms with Crippen LogP contribution in [0.3, 0.4) is 0 Å². The Kier molecular flexibility index (Phi) is 2.44. The summed E-state index contributed by atoms with van der Waals surface area (Å²) in [6, 6.07) is 3.04. The Balaban J connectivity index is 2.07. The molecule has 1 unspecified atom stereocenters. The normalized spacial score (nSPS) is 20.9. The van der Waals surface area contributed by atoms with Gasteiger partial charge in [0.25, 0.3) is 0 Å². The van der Waals surface area contributed by atoms with Crippen LogP contribution in [-0.2, 0) is 4.74 Å². The van der Waals surface area contributed by atoms with Crippen LogP contribution < -0.4 is 5.73 Å². The second-order valence-corrected chi connectivity index (χ2v) is 4.27. The van der Waals surface area contributed by atoms with Crippen LogP contribution in [0.15, 0.2) is 12.1 Å². The van der Waals surface area contributed by atoms with Gasteiger partial charge in [0.15, 0.2) is 0 Å². The molecule has 90 valence electrons. The van der Waals surface area contributed by atoms with Crippen LogP contribution in [0.5, 0.6) is 0 Å². The number of nitrogens with zero attached hydrogens (tertiary/aromatic N) is 3. The Bertz CT molecular complexity index is 548. The molecule has 0 saturated carbocycles. The number of fused-ring (bicyclic) bond motifs is 1. The van der Waals surface area contributed by atoms with Gasteiger partial charge in [-0.1, -0.05) is 5.21 Å². The standard InChI is InChI=1S/C11H13FN4O/c12-8-4-11-10(5-9(8)13)14-15-16(11)7-2-1-3-17-6-7/h4-5,7H,1-3,6,13H2. The highest BCUT2D eigenvalue weighted by atomic mass is 19.1. The van der Waals surface area contributed by atoms with Gasteiger partial charge in [0.1, 0.15) is 11.3 Å². The molecule has 0 aliphatic carbocycles. The summed E-state index contributed by atoms with van der Waals surface area (Å²) in [7, 11) is 0. The van der Waals surface area contributed by atoms with E-state index in [4.69, 9.17) is 10.5 Å². The van der Waals surface area contributed by atoms with Crippen molar-refractivity contribution in [2.24, 2.45) is 0 Å². The molecule has 1 aliphatic heterocycles. The van der Waals surface area contributed by atoms with Crippen molar-refractivity contribution in [3.63, 3.8) is 0 Å². The monoisotopic (exact) mass is 236 g/mol. The molecule has 2 heterocycles. The van der Waals surface area contributed by atoms with Gasteiger partial charge in [0.05, 0.1) is 23.9 Å². The van der Waals surface area contributed by atoms with Crippen molar-refractivity contribution in [2.45, 2.75) is 18.9 Å². The molecular formula is C11H13FN4O. The maximum Gasteiger partial charge on any atom is 0.148 e. The second-order valence-electron chi connectivity index (χ2n) is 4.27. The largest absolute Gasteiger partial charge is 0.396 e. The van der Waals surface area contributed by atoms with Crippen LogP contribution in [0.2, 0.25) is 0 Å². The lowest BCUT2D eigenvalue weighted by Gasteiger charge is -2.22. The fourth-order valence-electron chi connectivity index (χ4n) is 2.16. The molecule has 1 saturated heterocycles. The topological polar surface area (TPSA) is 66.0 Å². The SMILES string of the molecule is Nc1cc2nnn(C3CCCOC3)c2cc1F. The lowest BCUT2D eigenvalue weighted by molar-refractivity contribution is 0.0558. The summed E-state index contributed by atoms with van der Waals surface area (Å²) in [5.74, 6) is -0.433. The Labute approximate surface area is 97.3 Å². The summed E-state index contributed by atoms with van der Waals surface area (Å²) in [5.41, 5.74) is 6.89. The number of benzene rings is 1. The number of aromatic nitrogens is 3. The van der Waals surface area contributed by atoms with E-state index < -0.39 is 5.82 Å². The third-order valence-electron chi connectivity index (χ3n) is 3.07. The predicted molar refractivity (Wildman–Crippen MR) is 61.0 cm³/mol.